The second kappa shape index (κ2) is 24.2. The van der Waals surface area contributed by atoms with Crippen LogP contribution in [0.1, 0.15) is 126 Å². The average molecular weight is 823 g/mol. The lowest BCUT2D eigenvalue weighted by molar-refractivity contribution is -0.653. The molecule has 0 aliphatic carbocycles. The van der Waals surface area contributed by atoms with Crippen LogP contribution in [0.25, 0.3) is 43.6 Å². The zero-order chi connectivity index (χ0) is 42.6. The van der Waals surface area contributed by atoms with Crippen LogP contribution in [0.4, 0.5) is 0 Å². The Bertz CT molecular complexity index is 2410. The molecule has 0 aliphatic rings. The Morgan fingerprint density at radius 3 is 1.00 bits per heavy atom. The summed E-state index contributed by atoms with van der Waals surface area (Å²) in [5, 5.41) is 5.12. The van der Waals surface area contributed by atoms with E-state index < -0.39 is 0 Å². The second-order valence-corrected chi connectivity index (χ2v) is 17.5. The molecule has 8 aromatic rings. The first-order chi connectivity index (χ1) is 30.6. The lowest BCUT2D eigenvalue weighted by Crippen LogP contribution is -2.34. The highest BCUT2D eigenvalue weighted by atomic mass is 14.9. The number of nitrogens with zero attached hydrogens (tertiary/aromatic N) is 4. The van der Waals surface area contributed by atoms with E-state index in [1.165, 1.54) is 171 Å². The number of hydrogen-bond acceptors (Lipinski definition) is 2. The molecule has 4 nitrogen and oxygen atoms in total. The SMILES string of the molecule is C[n+]1c(CCCCCCCCCCc2ccc3ccccc3[n+]2C)ccc2ccccc21.c1ccc2nc(CCCCCCCCCCc3ccc4ccccc4n3)ccc2c1. The van der Waals surface area contributed by atoms with E-state index in [2.05, 4.69) is 169 Å². The van der Waals surface area contributed by atoms with Crippen LogP contribution < -0.4 is 9.13 Å². The Kier molecular flexibility index (Phi) is 17.4. The van der Waals surface area contributed by atoms with Crippen LogP contribution in [0.5, 0.6) is 0 Å². The quantitative estimate of drug-likeness (QED) is 0.0504. The van der Waals surface area contributed by atoms with E-state index in [9.17, 15) is 0 Å². The number of rotatable bonds is 22. The summed E-state index contributed by atoms with van der Waals surface area (Å²) in [6.07, 6.45) is 25.9. The van der Waals surface area contributed by atoms with E-state index in [-0.39, 0.29) is 0 Å². The Morgan fingerprint density at radius 2 is 0.597 bits per heavy atom. The molecule has 0 radical (unpaired) electrons. The molecule has 4 heterocycles. The number of benzene rings is 4. The lowest BCUT2D eigenvalue weighted by Gasteiger charge is -2.05. The van der Waals surface area contributed by atoms with Crippen molar-refractivity contribution >= 4 is 43.6 Å². The van der Waals surface area contributed by atoms with Crippen molar-refractivity contribution in [3.63, 3.8) is 0 Å². The summed E-state index contributed by atoms with van der Waals surface area (Å²) in [5.41, 5.74) is 10.3. The van der Waals surface area contributed by atoms with E-state index in [4.69, 9.17) is 9.97 Å². The highest BCUT2D eigenvalue weighted by molar-refractivity contribution is 5.79. The molecule has 320 valence electrons. The fraction of sp³-hybridized carbons (Fsp3) is 0.379. The topological polar surface area (TPSA) is 33.5 Å². The van der Waals surface area contributed by atoms with Gasteiger partial charge < -0.3 is 0 Å². The normalized spacial score (nSPS) is 11.4. The standard InChI is InChI=1S/C30H38N2.C28H32N2/c1-31-27(23-21-25-15-11-13-19-29(25)31)17-9-7-5-3-4-6-8-10-18-28-24-22-26-16-12-14-20-30(26)32(28)2;1(3-5-7-15-25-21-19-23-13-9-11-17-27(23)29-25)2-4-6-8-16-26-22-20-24-14-10-12-18-28(24)30-26/h11-16,19-24H,3-10,17-18H2,1-2H3;9-14,17-22H,1-8,15-16H2/q+2;. The number of pyridine rings is 4. The molecule has 0 saturated heterocycles. The van der Waals surface area contributed by atoms with Crippen LogP contribution in [0, 0.1) is 0 Å². The molecule has 4 aromatic carbocycles. The van der Waals surface area contributed by atoms with Gasteiger partial charge in [-0.1, -0.05) is 150 Å². The van der Waals surface area contributed by atoms with Crippen molar-refractivity contribution in [3.05, 3.63) is 168 Å². The van der Waals surface area contributed by atoms with Crippen LogP contribution in [0.3, 0.4) is 0 Å². The van der Waals surface area contributed by atoms with Gasteiger partial charge in [-0.3, -0.25) is 9.97 Å². The van der Waals surface area contributed by atoms with Gasteiger partial charge in [0.25, 0.3) is 0 Å². The van der Waals surface area contributed by atoms with Gasteiger partial charge in [-0.25, -0.2) is 0 Å². The van der Waals surface area contributed by atoms with Gasteiger partial charge in [0.1, 0.15) is 14.1 Å². The van der Waals surface area contributed by atoms with Crippen LogP contribution in [0.2, 0.25) is 0 Å². The van der Waals surface area contributed by atoms with Crippen molar-refractivity contribution in [2.75, 3.05) is 0 Å². The maximum Gasteiger partial charge on any atom is 0.212 e. The van der Waals surface area contributed by atoms with E-state index >= 15 is 0 Å². The fourth-order valence-electron chi connectivity index (χ4n) is 9.12. The van der Waals surface area contributed by atoms with Crippen molar-refractivity contribution < 1.29 is 9.13 Å². The van der Waals surface area contributed by atoms with Crippen LogP contribution >= 0.6 is 0 Å². The minimum atomic E-state index is 1.10. The van der Waals surface area contributed by atoms with Gasteiger partial charge in [0.15, 0.2) is 11.4 Å². The van der Waals surface area contributed by atoms with Crippen molar-refractivity contribution in [2.45, 2.75) is 128 Å². The first-order valence-corrected chi connectivity index (χ1v) is 24.0. The second-order valence-electron chi connectivity index (χ2n) is 17.5. The molecule has 0 saturated carbocycles. The highest BCUT2D eigenvalue weighted by Gasteiger charge is 2.12. The predicted molar refractivity (Wildman–Crippen MR) is 262 cm³/mol. The first kappa shape index (κ1) is 44.6. The molecular weight excluding hydrogens is 753 g/mol. The third-order valence-electron chi connectivity index (χ3n) is 12.9. The monoisotopic (exact) mass is 823 g/mol. The molecule has 4 heteroatoms. The van der Waals surface area contributed by atoms with Crippen molar-refractivity contribution in [2.24, 2.45) is 14.1 Å². The third kappa shape index (κ3) is 13.3. The molecule has 0 bridgehead atoms. The molecule has 0 N–H and O–H groups in total. The van der Waals surface area contributed by atoms with Gasteiger partial charge in [0, 0.05) is 70.0 Å². The number of fused-ring (bicyclic) bond motifs is 4. The fourth-order valence-corrected chi connectivity index (χ4v) is 9.12. The maximum absolute atomic E-state index is 4.78. The summed E-state index contributed by atoms with van der Waals surface area (Å²) >= 11 is 0. The van der Waals surface area contributed by atoms with Crippen LogP contribution in [0.15, 0.2) is 146 Å². The molecule has 0 unspecified atom stereocenters. The molecule has 0 atom stereocenters. The van der Waals surface area contributed by atoms with E-state index in [0.29, 0.717) is 0 Å². The van der Waals surface area contributed by atoms with Gasteiger partial charge >= 0.3 is 0 Å². The molecule has 62 heavy (non-hydrogen) atoms. The van der Waals surface area contributed by atoms with E-state index in [0.717, 1.165) is 23.9 Å². The number of unbranched alkanes of at least 4 members (excludes halogenated alkanes) is 14. The Balaban J connectivity index is 0.000000187. The molecule has 4 aromatic heterocycles. The minimum absolute atomic E-state index is 1.10. The van der Waals surface area contributed by atoms with Crippen LogP contribution in [-0.2, 0) is 39.8 Å². The summed E-state index contributed by atoms with van der Waals surface area (Å²) in [5.74, 6) is 0. The maximum atomic E-state index is 4.78. The Hall–Kier alpha value is -5.48. The number of para-hydroxylation sites is 4. The molecule has 0 aliphatic heterocycles. The zero-order valence-electron chi connectivity index (χ0n) is 37.8. The van der Waals surface area contributed by atoms with Gasteiger partial charge in [-0.15, -0.1) is 0 Å². The van der Waals surface area contributed by atoms with Gasteiger partial charge in [-0.2, -0.15) is 9.13 Å². The van der Waals surface area contributed by atoms with Crippen molar-refractivity contribution in [3.8, 4) is 0 Å². The summed E-state index contributed by atoms with van der Waals surface area (Å²) < 4.78 is 4.73. The van der Waals surface area contributed by atoms with E-state index in [1.54, 1.807) is 0 Å². The van der Waals surface area contributed by atoms with Gasteiger partial charge in [0.05, 0.1) is 11.0 Å². The Labute approximate surface area is 372 Å². The van der Waals surface area contributed by atoms with Gasteiger partial charge in [0.2, 0.25) is 11.0 Å². The number of aromatic nitrogens is 4. The summed E-state index contributed by atoms with van der Waals surface area (Å²) in [7, 11) is 4.41. The molecular formula is C58H70N4+2. The molecule has 8 rings (SSSR count). The van der Waals surface area contributed by atoms with Crippen molar-refractivity contribution in [1.29, 1.82) is 0 Å². The smallest absolute Gasteiger partial charge is 0.212 e. The lowest BCUT2D eigenvalue weighted by atomic mass is 10.0. The molecule has 0 spiro atoms. The number of hydrogen-bond donors (Lipinski definition) is 0. The largest absolute Gasteiger partial charge is 0.253 e. The molecule has 0 amide bonds. The zero-order valence-corrected chi connectivity index (χ0v) is 37.8. The van der Waals surface area contributed by atoms with Crippen molar-refractivity contribution in [1.82, 2.24) is 9.97 Å². The van der Waals surface area contributed by atoms with E-state index in [1.807, 2.05) is 0 Å². The number of aryl methyl sites for hydroxylation is 6. The highest BCUT2D eigenvalue weighted by Crippen LogP contribution is 2.18. The van der Waals surface area contributed by atoms with Crippen LogP contribution in [-0.4, -0.2) is 9.97 Å². The predicted octanol–water partition coefficient (Wildman–Crippen LogP) is 14.2. The summed E-state index contributed by atoms with van der Waals surface area (Å²) in [6.45, 7) is 0. The Morgan fingerprint density at radius 1 is 0.290 bits per heavy atom. The minimum Gasteiger partial charge on any atom is -0.253 e. The summed E-state index contributed by atoms with van der Waals surface area (Å²) in [6, 6.07) is 52.0. The average Bonchev–Trinajstić information content (AvgIpc) is 3.31. The van der Waals surface area contributed by atoms with Gasteiger partial charge in [-0.05, 0) is 87.1 Å². The third-order valence-corrected chi connectivity index (χ3v) is 12.9. The summed E-state index contributed by atoms with van der Waals surface area (Å²) in [4.78, 5) is 9.56. The first-order valence-electron chi connectivity index (χ1n) is 24.0. The molecule has 0 fully saturated rings.